The van der Waals surface area contributed by atoms with Gasteiger partial charge in [-0.3, -0.25) is 0 Å². The van der Waals surface area contributed by atoms with E-state index in [0.29, 0.717) is 56.7 Å². The molecule has 0 aromatic carbocycles. The molecule has 0 heterocycles. The topological polar surface area (TPSA) is 178 Å². The van der Waals surface area contributed by atoms with Crippen molar-refractivity contribution in [1.82, 2.24) is 0 Å². The van der Waals surface area contributed by atoms with Crippen molar-refractivity contribution >= 4 is 0 Å². The predicted octanol–water partition coefficient (Wildman–Crippen LogP) is 7.82. The van der Waals surface area contributed by atoms with Crippen LogP contribution in [0.5, 0.6) is 0 Å². The van der Waals surface area contributed by atoms with Crippen LogP contribution in [0.1, 0.15) is 150 Å². The van der Waals surface area contributed by atoms with Gasteiger partial charge in [-0.05, 0) is 91.9 Å². The zero-order chi connectivity index (χ0) is 42.9. The van der Waals surface area contributed by atoms with Gasteiger partial charge in [-0.25, -0.2) is 0 Å². The van der Waals surface area contributed by atoms with E-state index in [1.807, 2.05) is 55.4 Å². The smallest absolute Gasteiger partial charge is 0.162 e. The van der Waals surface area contributed by atoms with Crippen LogP contribution in [0, 0.1) is 23.7 Å². The molecule has 0 radical (unpaired) electrons. The van der Waals surface area contributed by atoms with Crippen LogP contribution in [0.3, 0.4) is 0 Å². The molecule has 0 saturated carbocycles. The molecule has 0 bridgehead atoms. The van der Waals surface area contributed by atoms with E-state index in [1.165, 1.54) is 0 Å². The van der Waals surface area contributed by atoms with Gasteiger partial charge >= 0.3 is 0 Å². The van der Waals surface area contributed by atoms with Crippen molar-refractivity contribution in [3.8, 4) is 0 Å². The predicted molar refractivity (Wildman–Crippen MR) is 227 cm³/mol. The Morgan fingerprint density at radius 3 is 1.11 bits per heavy atom. The van der Waals surface area contributed by atoms with Crippen LogP contribution in [0.2, 0.25) is 0 Å². The molecule has 12 heteroatoms. The number of ether oxygens (including phenoxy) is 8. The third kappa shape index (κ3) is 49.5. The minimum Gasteiger partial charge on any atom is -0.353 e. The fourth-order valence-corrected chi connectivity index (χ4v) is 3.18. The van der Waals surface area contributed by atoms with Gasteiger partial charge in [0.15, 0.2) is 24.2 Å². The van der Waals surface area contributed by atoms with Gasteiger partial charge in [-0.1, -0.05) is 82.1 Å². The monoisotopic (exact) mass is 785 g/mol. The van der Waals surface area contributed by atoms with Crippen molar-refractivity contribution in [3.05, 3.63) is 0 Å². The molecule has 0 saturated heterocycles. The largest absolute Gasteiger partial charge is 0.353 e. The van der Waals surface area contributed by atoms with Crippen LogP contribution < -0.4 is 22.9 Å². The molecule has 54 heavy (non-hydrogen) atoms. The van der Waals surface area contributed by atoms with Gasteiger partial charge < -0.3 is 60.8 Å². The van der Waals surface area contributed by atoms with Gasteiger partial charge in [-0.2, -0.15) is 0 Å². The van der Waals surface area contributed by atoms with Crippen LogP contribution in [-0.4, -0.2) is 101 Å². The van der Waals surface area contributed by atoms with E-state index >= 15 is 0 Å². The third-order valence-electron chi connectivity index (χ3n) is 7.68. The molecule has 8 unspecified atom stereocenters. The van der Waals surface area contributed by atoms with Crippen LogP contribution >= 0.6 is 0 Å². The molecule has 8 atom stereocenters. The average Bonchev–Trinajstić information content (AvgIpc) is 3.11. The van der Waals surface area contributed by atoms with Crippen molar-refractivity contribution in [2.45, 2.75) is 199 Å². The Morgan fingerprint density at radius 1 is 0.370 bits per heavy atom. The summed E-state index contributed by atoms with van der Waals surface area (Å²) in [4.78, 5) is 0. The second kappa shape index (κ2) is 36.8. The first-order valence-electron chi connectivity index (χ1n) is 20.9. The van der Waals surface area contributed by atoms with E-state index in [0.717, 1.165) is 45.5 Å². The lowest BCUT2D eigenvalue weighted by atomic mass is 10.1. The van der Waals surface area contributed by atoms with Crippen LogP contribution in [0.15, 0.2) is 0 Å². The molecular weight excluding hydrogens is 688 g/mol. The molecule has 0 aliphatic rings. The molecule has 0 aliphatic heterocycles. The van der Waals surface area contributed by atoms with Gasteiger partial charge in [-0.15, -0.1) is 0 Å². The SMILES string of the molecule is CC(C)COC(C)(C)OCC(C)N.CC(C)COC(C)OCC(C)N.CCC(C)COC(C)(C)OCC(N)CC.CCC(C)COC(C)OCC(N)CC. The molecule has 0 spiro atoms. The highest BCUT2D eigenvalue weighted by Crippen LogP contribution is 2.15. The Kier molecular flexibility index (Phi) is 41.1. The molecule has 332 valence electrons. The first kappa shape index (κ1) is 60.2. The quantitative estimate of drug-likeness (QED) is 0.0567. The number of rotatable bonds is 28. The normalized spacial score (nSPS) is 16.4. The van der Waals surface area contributed by atoms with Gasteiger partial charge in [0, 0.05) is 24.2 Å². The van der Waals surface area contributed by atoms with Crippen molar-refractivity contribution in [2.24, 2.45) is 46.6 Å². The summed E-state index contributed by atoms with van der Waals surface area (Å²) in [6.07, 6.45) is 3.87. The second-order valence-corrected chi connectivity index (χ2v) is 16.6. The summed E-state index contributed by atoms with van der Waals surface area (Å²) >= 11 is 0. The first-order valence-corrected chi connectivity index (χ1v) is 20.9. The standard InChI is InChI=1S/C12H27NO2.C11H25NO2.C10H23NO2.C9H21NO2/c1-6-10(3)8-14-12(4,5)15-9-11(13)7-2;1-5-9(3)7-13-10(4)14-8-11(12)6-2;1-8(2)6-12-10(4,5)13-7-9(3)11;1-7(2)5-11-9(4)12-6-8(3)10/h10-11H,6-9,13H2,1-5H3;9-11H,5-8,12H2,1-4H3;8-9H,6-7,11H2,1-5H3;7-9H,5-6,10H2,1-4H3. The van der Waals surface area contributed by atoms with Gasteiger partial charge in [0.2, 0.25) is 0 Å². The van der Waals surface area contributed by atoms with Crippen LogP contribution in [0.25, 0.3) is 0 Å². The average molecular weight is 785 g/mol. The highest BCUT2D eigenvalue weighted by Gasteiger charge is 2.21. The maximum Gasteiger partial charge on any atom is 0.162 e. The molecule has 12 nitrogen and oxygen atoms in total. The fourth-order valence-electron chi connectivity index (χ4n) is 3.18. The highest BCUT2D eigenvalue weighted by atomic mass is 16.7. The molecule has 8 N–H and O–H groups in total. The second-order valence-electron chi connectivity index (χ2n) is 16.6. The Bertz CT molecular complexity index is 719. The minimum atomic E-state index is -0.518. The lowest BCUT2D eigenvalue weighted by Crippen LogP contribution is -2.36. The molecule has 0 rings (SSSR count). The van der Waals surface area contributed by atoms with Gasteiger partial charge in [0.25, 0.3) is 0 Å². The first-order chi connectivity index (χ1) is 24.9. The van der Waals surface area contributed by atoms with E-state index in [9.17, 15) is 0 Å². The summed E-state index contributed by atoms with van der Waals surface area (Å²) < 4.78 is 44.0. The number of nitrogens with two attached hydrogens (primary N) is 4. The zero-order valence-corrected chi connectivity index (χ0v) is 38.8. The van der Waals surface area contributed by atoms with Crippen molar-refractivity contribution in [2.75, 3.05) is 52.9 Å². The Labute approximate surface area is 335 Å². The lowest BCUT2D eigenvalue weighted by Gasteiger charge is -2.28. The maximum atomic E-state index is 5.78. The lowest BCUT2D eigenvalue weighted by molar-refractivity contribution is -0.220. The summed E-state index contributed by atoms with van der Waals surface area (Å²) in [5.41, 5.74) is 22.6. The van der Waals surface area contributed by atoms with Crippen molar-refractivity contribution in [3.63, 3.8) is 0 Å². The third-order valence-corrected chi connectivity index (χ3v) is 7.68. The summed E-state index contributed by atoms with van der Waals surface area (Å²) in [6.45, 7) is 41.8. The van der Waals surface area contributed by atoms with E-state index in [2.05, 4.69) is 69.2 Å². The molecule has 0 aliphatic carbocycles. The molecule has 0 aromatic rings. The van der Waals surface area contributed by atoms with E-state index < -0.39 is 11.6 Å². The van der Waals surface area contributed by atoms with Gasteiger partial charge in [0.05, 0.1) is 52.9 Å². The highest BCUT2D eigenvalue weighted by molar-refractivity contribution is 4.62. The molecule has 0 aromatic heterocycles. The summed E-state index contributed by atoms with van der Waals surface area (Å²) in [7, 11) is 0. The zero-order valence-electron chi connectivity index (χ0n) is 38.8. The van der Waals surface area contributed by atoms with Gasteiger partial charge in [0.1, 0.15) is 0 Å². The van der Waals surface area contributed by atoms with Crippen LogP contribution in [-0.2, 0) is 37.9 Å². The Hall–Kier alpha value is -0.480. The molecule has 0 fully saturated rings. The summed E-state index contributed by atoms with van der Waals surface area (Å²) in [5, 5.41) is 0. The summed E-state index contributed by atoms with van der Waals surface area (Å²) in [6, 6.07) is 0.373. The minimum absolute atomic E-state index is 0.0573. The number of hydrogen-bond acceptors (Lipinski definition) is 12. The van der Waals surface area contributed by atoms with Crippen molar-refractivity contribution < 1.29 is 37.9 Å². The Morgan fingerprint density at radius 2 is 0.704 bits per heavy atom. The summed E-state index contributed by atoms with van der Waals surface area (Å²) in [5.74, 6) is 1.21. The number of hydrogen-bond donors (Lipinski definition) is 4. The molecule has 0 amide bonds. The Balaban J connectivity index is -0.000000310. The van der Waals surface area contributed by atoms with E-state index in [-0.39, 0.29) is 36.7 Å². The molecular formula is C42H96N4O8. The van der Waals surface area contributed by atoms with E-state index in [1.54, 1.807) is 0 Å². The van der Waals surface area contributed by atoms with Crippen LogP contribution in [0.4, 0.5) is 0 Å². The fraction of sp³-hybridized carbons (Fsp3) is 1.00. The maximum absolute atomic E-state index is 5.78. The van der Waals surface area contributed by atoms with Crippen molar-refractivity contribution in [1.29, 1.82) is 0 Å². The van der Waals surface area contributed by atoms with E-state index in [4.69, 9.17) is 60.8 Å².